The Balaban J connectivity index is 1.81. The molecule has 0 aliphatic rings. The molecule has 4 rings (SSSR count). The van der Waals surface area contributed by atoms with Crippen molar-refractivity contribution >= 4 is 22.4 Å². The van der Waals surface area contributed by atoms with Gasteiger partial charge >= 0.3 is 0 Å². The number of fused-ring (bicyclic) bond motifs is 1. The van der Waals surface area contributed by atoms with E-state index in [4.69, 9.17) is 16.0 Å². The number of rotatable bonds is 4. The number of nitriles is 1. The highest BCUT2D eigenvalue weighted by Crippen LogP contribution is 2.26. The smallest absolute Gasteiger partial charge is 0.273 e. The van der Waals surface area contributed by atoms with E-state index in [9.17, 15) is 10.1 Å². The van der Waals surface area contributed by atoms with Crippen molar-refractivity contribution in [3.05, 3.63) is 86.9 Å². The molecule has 0 amide bonds. The molecule has 0 saturated carbocycles. The van der Waals surface area contributed by atoms with Gasteiger partial charge in [-0.25, -0.2) is 4.68 Å². The van der Waals surface area contributed by atoms with E-state index in [0.29, 0.717) is 5.89 Å². The van der Waals surface area contributed by atoms with Gasteiger partial charge in [0.05, 0.1) is 29.4 Å². The fourth-order valence-corrected chi connectivity index (χ4v) is 3.35. The third-order valence-electron chi connectivity index (χ3n) is 4.44. The Morgan fingerprint density at radius 1 is 1.21 bits per heavy atom. The maximum Gasteiger partial charge on any atom is 0.273 e. The Kier molecular flexibility index (Phi) is 4.63. The van der Waals surface area contributed by atoms with Gasteiger partial charge in [0.2, 0.25) is 11.8 Å². The number of nitrogens with zero attached hydrogens (tertiary/aromatic N) is 5. The average Bonchev–Trinajstić information content (AvgIpc) is 3.13. The van der Waals surface area contributed by atoms with Crippen LogP contribution in [0.15, 0.2) is 57.9 Å². The van der Waals surface area contributed by atoms with Gasteiger partial charge in [-0.05, 0) is 16.3 Å². The van der Waals surface area contributed by atoms with Crippen molar-refractivity contribution in [3.63, 3.8) is 0 Å². The number of aryl methyl sites for hydroxylation is 1. The monoisotopic (exact) mass is 391 g/mol. The minimum atomic E-state index is -1.07. The molecule has 0 N–H and O–H groups in total. The zero-order valence-electron chi connectivity index (χ0n) is 14.8. The van der Waals surface area contributed by atoms with Crippen LogP contribution in [-0.2, 0) is 6.54 Å². The second-order valence-electron chi connectivity index (χ2n) is 6.23. The van der Waals surface area contributed by atoms with Crippen molar-refractivity contribution in [2.45, 2.75) is 19.4 Å². The van der Waals surface area contributed by atoms with Gasteiger partial charge in [0.25, 0.3) is 5.56 Å². The topological polar surface area (TPSA) is 97.6 Å². The van der Waals surface area contributed by atoms with E-state index >= 15 is 0 Å². The Labute approximate surface area is 164 Å². The molecule has 0 spiro atoms. The lowest BCUT2D eigenvalue weighted by atomic mass is 10.0. The van der Waals surface area contributed by atoms with Crippen LogP contribution in [0.1, 0.15) is 28.8 Å². The second-order valence-corrected chi connectivity index (χ2v) is 6.64. The summed E-state index contributed by atoms with van der Waals surface area (Å²) in [7, 11) is 0. The molecule has 4 aromatic rings. The molecule has 28 heavy (non-hydrogen) atoms. The Bertz CT molecular complexity index is 1270. The molecule has 0 aliphatic heterocycles. The van der Waals surface area contributed by atoms with E-state index in [1.165, 1.54) is 10.9 Å². The molecule has 2 heterocycles. The van der Waals surface area contributed by atoms with E-state index in [2.05, 4.69) is 15.3 Å². The minimum Gasteiger partial charge on any atom is -0.424 e. The second kappa shape index (κ2) is 7.25. The van der Waals surface area contributed by atoms with Gasteiger partial charge in [0.15, 0.2) is 5.92 Å². The summed E-state index contributed by atoms with van der Waals surface area (Å²) in [6.07, 6.45) is 1.36. The van der Waals surface area contributed by atoms with Crippen molar-refractivity contribution in [1.82, 2.24) is 20.0 Å². The molecule has 0 fully saturated rings. The van der Waals surface area contributed by atoms with Gasteiger partial charge in [-0.3, -0.25) is 4.79 Å². The van der Waals surface area contributed by atoms with Gasteiger partial charge in [0.1, 0.15) is 0 Å². The Hall–Kier alpha value is -3.50. The van der Waals surface area contributed by atoms with Crippen LogP contribution in [0.25, 0.3) is 10.8 Å². The lowest BCUT2D eigenvalue weighted by Crippen LogP contribution is -2.28. The fraction of sp³-hybridized carbons (Fsp3) is 0.150. The van der Waals surface area contributed by atoms with Crippen LogP contribution in [0.3, 0.4) is 0 Å². The van der Waals surface area contributed by atoms with Gasteiger partial charge in [-0.2, -0.15) is 10.4 Å². The van der Waals surface area contributed by atoms with Crippen LogP contribution in [0, 0.1) is 18.3 Å². The summed E-state index contributed by atoms with van der Waals surface area (Å²) in [4.78, 5) is 13.1. The molecule has 0 aliphatic carbocycles. The fourth-order valence-electron chi connectivity index (χ4n) is 3.12. The summed E-state index contributed by atoms with van der Waals surface area (Å²) < 4.78 is 6.63. The molecule has 138 valence electrons. The number of hydrogen-bond donors (Lipinski definition) is 0. The lowest BCUT2D eigenvalue weighted by molar-refractivity contribution is 0.464. The van der Waals surface area contributed by atoms with Gasteiger partial charge in [0, 0.05) is 6.92 Å². The minimum absolute atomic E-state index is 0.0295. The molecular formula is C20H14ClN5O2. The molecule has 0 radical (unpaired) electrons. The number of benzene rings is 2. The largest absolute Gasteiger partial charge is 0.424 e. The van der Waals surface area contributed by atoms with Crippen molar-refractivity contribution in [1.29, 1.82) is 5.26 Å². The van der Waals surface area contributed by atoms with Crippen molar-refractivity contribution in [2.24, 2.45) is 0 Å². The highest BCUT2D eigenvalue weighted by atomic mass is 35.5. The highest BCUT2D eigenvalue weighted by Gasteiger charge is 2.27. The highest BCUT2D eigenvalue weighted by molar-refractivity contribution is 6.31. The lowest BCUT2D eigenvalue weighted by Gasteiger charge is -2.12. The van der Waals surface area contributed by atoms with Gasteiger partial charge < -0.3 is 4.42 Å². The predicted octanol–water partition coefficient (Wildman–Crippen LogP) is 3.45. The number of hydrogen-bond acceptors (Lipinski definition) is 6. The van der Waals surface area contributed by atoms with Crippen LogP contribution in [0.2, 0.25) is 5.02 Å². The average molecular weight is 392 g/mol. The summed E-state index contributed by atoms with van der Waals surface area (Å²) in [5, 5.41) is 23.5. The third-order valence-corrected chi connectivity index (χ3v) is 4.74. The first-order valence-corrected chi connectivity index (χ1v) is 8.88. The molecular weight excluding hydrogens is 378 g/mol. The SMILES string of the molecule is Cc1nnc(C(C#N)c2c(Cl)cnn(Cc3cccc4ccccc34)c2=O)o1. The summed E-state index contributed by atoms with van der Waals surface area (Å²) in [5.74, 6) is -0.735. The zero-order valence-corrected chi connectivity index (χ0v) is 15.6. The van der Waals surface area contributed by atoms with Crippen LogP contribution >= 0.6 is 11.6 Å². The first-order chi connectivity index (χ1) is 13.6. The molecule has 7 nitrogen and oxygen atoms in total. The van der Waals surface area contributed by atoms with Crippen LogP contribution in [0.5, 0.6) is 0 Å². The van der Waals surface area contributed by atoms with E-state index in [1.807, 2.05) is 48.5 Å². The van der Waals surface area contributed by atoms with Crippen molar-refractivity contribution < 1.29 is 4.42 Å². The summed E-state index contributed by atoms with van der Waals surface area (Å²) >= 11 is 6.21. The van der Waals surface area contributed by atoms with E-state index in [1.54, 1.807) is 6.92 Å². The zero-order chi connectivity index (χ0) is 19.7. The van der Waals surface area contributed by atoms with Gasteiger partial charge in [-0.15, -0.1) is 10.2 Å². The molecule has 1 unspecified atom stereocenters. The van der Waals surface area contributed by atoms with Crippen molar-refractivity contribution in [2.75, 3.05) is 0 Å². The first-order valence-electron chi connectivity index (χ1n) is 8.50. The summed E-state index contributed by atoms with van der Waals surface area (Å²) in [6.45, 7) is 1.85. The van der Waals surface area contributed by atoms with E-state index in [-0.39, 0.29) is 23.0 Å². The molecule has 2 aromatic heterocycles. The predicted molar refractivity (Wildman–Crippen MR) is 103 cm³/mol. The summed E-state index contributed by atoms with van der Waals surface area (Å²) in [6, 6.07) is 15.8. The van der Waals surface area contributed by atoms with E-state index < -0.39 is 11.5 Å². The van der Waals surface area contributed by atoms with Crippen molar-refractivity contribution in [3.8, 4) is 6.07 Å². The molecule has 0 saturated heterocycles. The van der Waals surface area contributed by atoms with Crippen LogP contribution < -0.4 is 5.56 Å². The van der Waals surface area contributed by atoms with Crippen LogP contribution in [-0.4, -0.2) is 20.0 Å². The Morgan fingerprint density at radius 2 is 2.00 bits per heavy atom. The quantitative estimate of drug-likeness (QED) is 0.528. The first kappa shape index (κ1) is 17.9. The van der Waals surface area contributed by atoms with Gasteiger partial charge in [-0.1, -0.05) is 54.1 Å². The molecule has 0 bridgehead atoms. The maximum absolute atomic E-state index is 13.1. The summed E-state index contributed by atoms with van der Waals surface area (Å²) in [5.41, 5.74) is 0.536. The molecule has 2 aromatic carbocycles. The van der Waals surface area contributed by atoms with E-state index in [0.717, 1.165) is 16.3 Å². The standard InChI is InChI=1S/C20H14ClN5O2/c1-12-24-25-19(28-12)16(9-22)18-17(21)10-23-26(20(18)27)11-14-7-4-6-13-5-2-3-8-15(13)14/h2-8,10,16H,11H2,1H3. The third kappa shape index (κ3) is 3.15. The normalized spacial score (nSPS) is 12.0. The van der Waals surface area contributed by atoms with Crippen LogP contribution in [0.4, 0.5) is 0 Å². The number of aromatic nitrogens is 4. The Morgan fingerprint density at radius 3 is 2.75 bits per heavy atom. The maximum atomic E-state index is 13.1. The molecule has 8 heteroatoms. The number of halogens is 1. The molecule has 1 atom stereocenters.